The average Bonchev–Trinajstić information content (AvgIpc) is 2.53. The Hall–Kier alpha value is -2.08. The second kappa shape index (κ2) is 7.46. The van der Waals surface area contributed by atoms with E-state index in [1.54, 1.807) is 0 Å². The molecule has 23 heavy (non-hydrogen) atoms. The maximum atomic E-state index is 12.1. The van der Waals surface area contributed by atoms with Gasteiger partial charge in [0, 0.05) is 12.5 Å². The molecule has 3 unspecified atom stereocenters. The first-order valence-corrected chi connectivity index (χ1v) is 8.02. The number of nitrogens with one attached hydrogen (secondary N) is 3. The molecule has 1 aliphatic rings. The van der Waals surface area contributed by atoms with Crippen molar-refractivity contribution in [2.24, 2.45) is 5.92 Å². The number of rotatable bonds is 6. The van der Waals surface area contributed by atoms with Crippen molar-refractivity contribution in [3.8, 4) is 5.75 Å². The minimum absolute atomic E-state index is 0.00484. The molecule has 1 aliphatic heterocycles. The summed E-state index contributed by atoms with van der Waals surface area (Å²) in [6.07, 6.45) is 0.154. The highest BCUT2D eigenvalue weighted by Gasteiger charge is 2.26. The number of amides is 2. The normalized spacial score (nSPS) is 19.1. The molecule has 2 rings (SSSR count). The van der Waals surface area contributed by atoms with Crippen molar-refractivity contribution in [3.05, 3.63) is 23.8 Å². The third kappa shape index (κ3) is 4.01. The van der Waals surface area contributed by atoms with E-state index in [1.807, 2.05) is 46.0 Å². The lowest BCUT2D eigenvalue weighted by Gasteiger charge is -2.26. The van der Waals surface area contributed by atoms with Gasteiger partial charge < -0.3 is 20.7 Å². The molecule has 3 atom stereocenters. The molecule has 6 nitrogen and oxygen atoms in total. The topological polar surface area (TPSA) is 79.5 Å². The molecule has 126 valence electrons. The maximum absolute atomic E-state index is 12.1. The zero-order chi connectivity index (χ0) is 17.0. The predicted molar refractivity (Wildman–Crippen MR) is 89.4 cm³/mol. The van der Waals surface area contributed by atoms with Crippen molar-refractivity contribution in [2.75, 3.05) is 18.9 Å². The molecule has 1 aromatic rings. The summed E-state index contributed by atoms with van der Waals surface area (Å²) in [5.41, 5.74) is 1.62. The highest BCUT2D eigenvalue weighted by molar-refractivity contribution is 5.97. The van der Waals surface area contributed by atoms with E-state index in [0.29, 0.717) is 24.4 Å². The number of hydrogen-bond donors (Lipinski definition) is 3. The molecule has 0 saturated carbocycles. The molecular weight excluding hydrogens is 294 g/mol. The molecular formula is C17H25N3O3. The van der Waals surface area contributed by atoms with Crippen LogP contribution in [0.3, 0.4) is 0 Å². The van der Waals surface area contributed by atoms with Gasteiger partial charge in [-0.1, -0.05) is 19.9 Å². The van der Waals surface area contributed by atoms with Crippen LogP contribution in [0.4, 0.5) is 5.69 Å². The van der Waals surface area contributed by atoms with Gasteiger partial charge in [-0.15, -0.1) is 0 Å². The van der Waals surface area contributed by atoms with Crippen molar-refractivity contribution in [2.45, 2.75) is 39.3 Å². The van der Waals surface area contributed by atoms with E-state index < -0.39 is 6.10 Å². The van der Waals surface area contributed by atoms with Crippen molar-refractivity contribution in [1.82, 2.24) is 10.6 Å². The number of carbonyl (C=O) groups excluding carboxylic acids is 2. The highest BCUT2D eigenvalue weighted by atomic mass is 16.5. The van der Waals surface area contributed by atoms with Crippen LogP contribution >= 0.6 is 0 Å². The molecule has 0 aromatic heterocycles. The summed E-state index contributed by atoms with van der Waals surface area (Å²) in [5, 5.41) is 8.84. The smallest absolute Gasteiger partial charge is 0.265 e. The Morgan fingerprint density at radius 2 is 2.13 bits per heavy atom. The summed E-state index contributed by atoms with van der Waals surface area (Å²) in [6, 6.07) is 5.45. The van der Waals surface area contributed by atoms with E-state index in [4.69, 9.17) is 4.74 Å². The Balaban J connectivity index is 2.09. The van der Waals surface area contributed by atoms with Gasteiger partial charge in [-0.3, -0.25) is 9.59 Å². The molecule has 0 fully saturated rings. The summed E-state index contributed by atoms with van der Waals surface area (Å²) in [6.45, 7) is 6.36. The van der Waals surface area contributed by atoms with Crippen LogP contribution in [0.2, 0.25) is 0 Å². The Bertz CT molecular complexity index is 588. The minimum atomic E-state index is -0.460. The standard InChI is InChI=1S/C17H25N3O3/c1-5-14-17(22)20-13-7-6-12(8-15(13)23-14)11(3)19-16(21)10(2)9-18-4/h6-8,10-11,14,18H,5,9H2,1-4H3,(H,19,21)(H,20,22). The fraction of sp³-hybridized carbons (Fsp3) is 0.529. The Kier molecular flexibility index (Phi) is 5.60. The molecule has 0 radical (unpaired) electrons. The molecule has 1 aromatic carbocycles. The van der Waals surface area contributed by atoms with Crippen LogP contribution in [0.25, 0.3) is 0 Å². The third-order valence-corrected chi connectivity index (χ3v) is 4.01. The molecule has 0 saturated heterocycles. The molecule has 6 heteroatoms. The van der Waals surface area contributed by atoms with Gasteiger partial charge in [-0.05, 0) is 38.1 Å². The first kappa shape index (κ1) is 17.3. The lowest BCUT2D eigenvalue weighted by Crippen LogP contribution is -2.37. The van der Waals surface area contributed by atoms with Crippen LogP contribution in [0.5, 0.6) is 5.75 Å². The van der Waals surface area contributed by atoms with Gasteiger partial charge in [0.2, 0.25) is 5.91 Å². The van der Waals surface area contributed by atoms with Gasteiger partial charge in [0.1, 0.15) is 5.75 Å². The summed E-state index contributed by atoms with van der Waals surface area (Å²) in [5.74, 6) is 0.443. The molecule has 0 spiro atoms. The van der Waals surface area contributed by atoms with E-state index in [9.17, 15) is 9.59 Å². The molecule has 1 heterocycles. The van der Waals surface area contributed by atoms with E-state index in [1.165, 1.54) is 0 Å². The van der Waals surface area contributed by atoms with Gasteiger partial charge in [0.05, 0.1) is 11.7 Å². The predicted octanol–water partition coefficient (Wildman–Crippen LogP) is 1.83. The number of hydrogen-bond acceptors (Lipinski definition) is 4. The highest BCUT2D eigenvalue weighted by Crippen LogP contribution is 2.33. The maximum Gasteiger partial charge on any atom is 0.265 e. The van der Waals surface area contributed by atoms with Crippen molar-refractivity contribution in [1.29, 1.82) is 0 Å². The SMILES string of the molecule is CCC1Oc2cc(C(C)NC(=O)C(C)CNC)ccc2NC1=O. The van der Waals surface area contributed by atoms with Gasteiger partial charge >= 0.3 is 0 Å². The zero-order valence-corrected chi connectivity index (χ0v) is 14.1. The molecule has 3 N–H and O–H groups in total. The summed E-state index contributed by atoms with van der Waals surface area (Å²) >= 11 is 0. The number of anilines is 1. The summed E-state index contributed by atoms with van der Waals surface area (Å²) in [7, 11) is 1.83. The minimum Gasteiger partial charge on any atom is -0.478 e. The molecule has 2 amide bonds. The van der Waals surface area contributed by atoms with E-state index >= 15 is 0 Å². The fourth-order valence-electron chi connectivity index (χ4n) is 2.54. The number of fused-ring (bicyclic) bond motifs is 1. The zero-order valence-electron chi connectivity index (χ0n) is 14.1. The van der Waals surface area contributed by atoms with Crippen molar-refractivity contribution in [3.63, 3.8) is 0 Å². The summed E-state index contributed by atoms with van der Waals surface area (Å²) in [4.78, 5) is 23.9. The van der Waals surface area contributed by atoms with Crippen LogP contribution in [0, 0.1) is 5.92 Å². The quantitative estimate of drug-likeness (QED) is 0.747. The first-order chi connectivity index (χ1) is 11.0. The molecule has 0 aliphatic carbocycles. The van der Waals surface area contributed by atoms with E-state index in [-0.39, 0.29) is 23.8 Å². The van der Waals surface area contributed by atoms with Crippen LogP contribution in [-0.4, -0.2) is 31.5 Å². The van der Waals surface area contributed by atoms with E-state index in [2.05, 4.69) is 16.0 Å². The molecule has 0 bridgehead atoms. The monoisotopic (exact) mass is 319 g/mol. The Morgan fingerprint density at radius 3 is 2.78 bits per heavy atom. The van der Waals surface area contributed by atoms with Crippen LogP contribution < -0.4 is 20.7 Å². The Morgan fingerprint density at radius 1 is 1.39 bits per heavy atom. The van der Waals surface area contributed by atoms with Gasteiger partial charge in [0.25, 0.3) is 5.91 Å². The number of benzene rings is 1. The number of carbonyl (C=O) groups is 2. The van der Waals surface area contributed by atoms with E-state index in [0.717, 1.165) is 5.56 Å². The van der Waals surface area contributed by atoms with Crippen LogP contribution in [0.15, 0.2) is 18.2 Å². The van der Waals surface area contributed by atoms with Crippen molar-refractivity contribution < 1.29 is 14.3 Å². The second-order valence-electron chi connectivity index (χ2n) is 5.95. The van der Waals surface area contributed by atoms with Gasteiger partial charge in [-0.25, -0.2) is 0 Å². The average molecular weight is 319 g/mol. The fourth-order valence-corrected chi connectivity index (χ4v) is 2.54. The lowest BCUT2D eigenvalue weighted by molar-refractivity contribution is -0.125. The van der Waals surface area contributed by atoms with Crippen LogP contribution in [-0.2, 0) is 9.59 Å². The summed E-state index contributed by atoms with van der Waals surface area (Å²) < 4.78 is 5.74. The number of ether oxygens (including phenoxy) is 1. The van der Waals surface area contributed by atoms with Gasteiger partial charge in [-0.2, -0.15) is 0 Å². The van der Waals surface area contributed by atoms with Gasteiger partial charge in [0.15, 0.2) is 6.10 Å². The Labute approximate surface area is 137 Å². The first-order valence-electron chi connectivity index (χ1n) is 8.02. The third-order valence-electron chi connectivity index (χ3n) is 4.01. The van der Waals surface area contributed by atoms with Crippen molar-refractivity contribution >= 4 is 17.5 Å². The second-order valence-corrected chi connectivity index (χ2v) is 5.95. The lowest BCUT2D eigenvalue weighted by atomic mass is 10.0. The largest absolute Gasteiger partial charge is 0.478 e. The van der Waals surface area contributed by atoms with Crippen LogP contribution in [0.1, 0.15) is 38.8 Å².